The molecule has 0 atom stereocenters. The van der Waals surface area contributed by atoms with E-state index in [4.69, 9.17) is 4.74 Å². The summed E-state index contributed by atoms with van der Waals surface area (Å²) >= 11 is 0. The van der Waals surface area contributed by atoms with Gasteiger partial charge in [-0.25, -0.2) is 4.79 Å². The molecule has 0 N–H and O–H groups in total. The molecular weight excluding hydrogens is 268 g/mol. The molecule has 0 radical (unpaired) electrons. The van der Waals surface area contributed by atoms with Crippen LogP contribution in [0.25, 0.3) is 0 Å². The molecule has 1 aromatic rings. The van der Waals surface area contributed by atoms with Gasteiger partial charge in [0.25, 0.3) is 0 Å². The zero-order chi connectivity index (χ0) is 14.7. The predicted octanol–water partition coefficient (Wildman–Crippen LogP) is 2.20. The largest absolute Gasteiger partial charge is 0.447 e. The number of amides is 2. The third-order valence-electron chi connectivity index (χ3n) is 4.10. The molecule has 0 aromatic heterocycles. The van der Waals surface area contributed by atoms with Gasteiger partial charge in [-0.1, -0.05) is 12.1 Å². The van der Waals surface area contributed by atoms with Crippen molar-refractivity contribution in [2.45, 2.75) is 25.7 Å². The summed E-state index contributed by atoms with van der Waals surface area (Å²) in [5.74, 6) is 0.250. The van der Waals surface area contributed by atoms with Crippen LogP contribution >= 0.6 is 0 Å². The molecule has 21 heavy (non-hydrogen) atoms. The van der Waals surface area contributed by atoms with Crippen molar-refractivity contribution in [3.63, 3.8) is 0 Å². The molecule has 2 amide bonds. The van der Waals surface area contributed by atoms with Crippen molar-refractivity contribution in [2.24, 2.45) is 0 Å². The first kappa shape index (κ1) is 13.9. The zero-order valence-electron chi connectivity index (χ0n) is 12.1. The van der Waals surface area contributed by atoms with E-state index in [-0.39, 0.29) is 12.0 Å². The number of aryl methyl sites for hydroxylation is 1. The van der Waals surface area contributed by atoms with E-state index in [9.17, 15) is 9.59 Å². The van der Waals surface area contributed by atoms with Gasteiger partial charge in [0.1, 0.15) is 6.61 Å². The molecule has 2 fully saturated rings. The minimum absolute atomic E-state index is 0.250. The number of ether oxygens (including phenoxy) is 1. The van der Waals surface area contributed by atoms with Gasteiger partial charge in [-0.3, -0.25) is 9.69 Å². The molecule has 5 heteroatoms. The molecule has 0 unspecified atom stereocenters. The summed E-state index contributed by atoms with van der Waals surface area (Å²) in [4.78, 5) is 27.0. The van der Waals surface area contributed by atoms with Gasteiger partial charge in [0.05, 0.1) is 6.54 Å². The predicted molar refractivity (Wildman–Crippen MR) is 79.3 cm³/mol. The maximum absolute atomic E-state index is 12.0. The molecule has 0 spiro atoms. The van der Waals surface area contributed by atoms with Gasteiger partial charge in [-0.15, -0.1) is 0 Å². The fourth-order valence-corrected chi connectivity index (χ4v) is 2.85. The van der Waals surface area contributed by atoms with E-state index in [1.54, 1.807) is 4.90 Å². The van der Waals surface area contributed by atoms with Gasteiger partial charge >= 0.3 is 6.09 Å². The summed E-state index contributed by atoms with van der Waals surface area (Å²) in [6.45, 7) is 2.88. The second-order valence-electron chi connectivity index (χ2n) is 5.52. The highest BCUT2D eigenvalue weighted by Crippen LogP contribution is 2.20. The Bertz CT molecular complexity index is 521. The van der Waals surface area contributed by atoms with Crippen LogP contribution in [0.15, 0.2) is 24.3 Å². The van der Waals surface area contributed by atoms with Crippen LogP contribution in [0.1, 0.15) is 24.8 Å². The molecule has 0 aliphatic carbocycles. The normalized spacial score (nSPS) is 18.2. The van der Waals surface area contributed by atoms with Crippen molar-refractivity contribution in [3.8, 4) is 0 Å². The Morgan fingerprint density at radius 2 is 1.81 bits per heavy atom. The smallest absolute Gasteiger partial charge is 0.414 e. The fraction of sp³-hybridized carbons (Fsp3) is 0.500. The Labute approximate surface area is 124 Å². The van der Waals surface area contributed by atoms with Crippen LogP contribution < -0.4 is 4.90 Å². The lowest BCUT2D eigenvalue weighted by Gasteiger charge is -2.15. The van der Waals surface area contributed by atoms with Crippen molar-refractivity contribution in [1.29, 1.82) is 0 Å². The van der Waals surface area contributed by atoms with Crippen LogP contribution in [-0.2, 0) is 16.0 Å². The highest BCUT2D eigenvalue weighted by atomic mass is 16.6. The highest BCUT2D eigenvalue weighted by Gasteiger charge is 2.23. The molecule has 2 aliphatic heterocycles. The lowest BCUT2D eigenvalue weighted by Crippen LogP contribution is -2.27. The van der Waals surface area contributed by atoms with Gasteiger partial charge in [0.15, 0.2) is 0 Å². The van der Waals surface area contributed by atoms with Crippen LogP contribution in [0.4, 0.5) is 10.5 Å². The minimum Gasteiger partial charge on any atom is -0.447 e. The summed E-state index contributed by atoms with van der Waals surface area (Å²) in [6, 6.07) is 7.81. The Morgan fingerprint density at radius 3 is 2.43 bits per heavy atom. The van der Waals surface area contributed by atoms with Crippen LogP contribution in [0.3, 0.4) is 0 Å². The number of carbonyl (C=O) groups is 2. The lowest BCUT2D eigenvalue weighted by molar-refractivity contribution is -0.130. The number of hydrogen-bond acceptors (Lipinski definition) is 3. The second-order valence-corrected chi connectivity index (χ2v) is 5.52. The summed E-state index contributed by atoms with van der Waals surface area (Å²) in [7, 11) is 0. The number of cyclic esters (lactones) is 1. The molecule has 3 rings (SSSR count). The minimum atomic E-state index is -0.285. The number of anilines is 1. The number of carbonyl (C=O) groups excluding carboxylic acids is 2. The van der Waals surface area contributed by atoms with Gasteiger partial charge in [-0.05, 0) is 37.0 Å². The molecule has 0 bridgehead atoms. The SMILES string of the molecule is O=C(CCc1ccc(N2CCOC2=O)cc1)N1CCCC1. The summed E-state index contributed by atoms with van der Waals surface area (Å²) in [5, 5.41) is 0. The van der Waals surface area contributed by atoms with E-state index >= 15 is 0 Å². The summed E-state index contributed by atoms with van der Waals surface area (Å²) in [6.07, 6.45) is 3.29. The topological polar surface area (TPSA) is 49.9 Å². The maximum atomic E-state index is 12.0. The quantitative estimate of drug-likeness (QED) is 0.853. The Morgan fingerprint density at radius 1 is 1.10 bits per heavy atom. The van der Waals surface area contributed by atoms with Crippen molar-refractivity contribution < 1.29 is 14.3 Å². The maximum Gasteiger partial charge on any atom is 0.414 e. The molecule has 0 saturated carbocycles. The molecule has 1 aromatic carbocycles. The first-order chi connectivity index (χ1) is 10.2. The molecule has 2 aliphatic rings. The summed E-state index contributed by atoms with van der Waals surface area (Å²) in [5.41, 5.74) is 1.98. The second kappa shape index (κ2) is 6.16. The highest BCUT2D eigenvalue weighted by molar-refractivity contribution is 5.89. The summed E-state index contributed by atoms with van der Waals surface area (Å²) < 4.78 is 4.92. The number of likely N-dealkylation sites (tertiary alicyclic amines) is 1. The standard InChI is InChI=1S/C16H20N2O3/c19-15(17-9-1-2-10-17)8-5-13-3-6-14(7-4-13)18-11-12-21-16(18)20/h3-4,6-7H,1-2,5,8-12H2. The average Bonchev–Trinajstić information content (AvgIpc) is 3.17. The van der Waals surface area contributed by atoms with Gasteiger partial charge in [0, 0.05) is 25.2 Å². The van der Waals surface area contributed by atoms with Crippen LogP contribution in [-0.4, -0.2) is 43.1 Å². The first-order valence-corrected chi connectivity index (χ1v) is 7.55. The zero-order valence-corrected chi connectivity index (χ0v) is 12.1. The molecule has 2 saturated heterocycles. The van der Waals surface area contributed by atoms with Gasteiger partial charge in [0.2, 0.25) is 5.91 Å². The van der Waals surface area contributed by atoms with E-state index in [0.29, 0.717) is 19.6 Å². The molecule has 112 valence electrons. The third kappa shape index (κ3) is 3.17. The van der Waals surface area contributed by atoms with Gasteiger partial charge < -0.3 is 9.64 Å². The van der Waals surface area contributed by atoms with Crippen LogP contribution in [0.2, 0.25) is 0 Å². The monoisotopic (exact) mass is 288 g/mol. The average molecular weight is 288 g/mol. The van der Waals surface area contributed by atoms with Crippen molar-refractivity contribution >= 4 is 17.7 Å². The number of benzene rings is 1. The number of hydrogen-bond donors (Lipinski definition) is 0. The van der Waals surface area contributed by atoms with Crippen LogP contribution in [0.5, 0.6) is 0 Å². The number of nitrogens with zero attached hydrogens (tertiary/aromatic N) is 2. The Hall–Kier alpha value is -2.04. The molecule has 5 nitrogen and oxygen atoms in total. The Kier molecular flexibility index (Phi) is 4.08. The van der Waals surface area contributed by atoms with Crippen molar-refractivity contribution in [1.82, 2.24) is 4.90 Å². The number of rotatable bonds is 4. The van der Waals surface area contributed by atoms with E-state index in [2.05, 4.69) is 0 Å². The molecule has 2 heterocycles. The van der Waals surface area contributed by atoms with E-state index in [1.165, 1.54) is 0 Å². The Balaban J connectivity index is 1.54. The molecular formula is C16H20N2O3. The van der Waals surface area contributed by atoms with E-state index in [0.717, 1.165) is 43.6 Å². The van der Waals surface area contributed by atoms with E-state index in [1.807, 2.05) is 29.2 Å². The fourth-order valence-electron chi connectivity index (χ4n) is 2.85. The van der Waals surface area contributed by atoms with Crippen molar-refractivity contribution in [3.05, 3.63) is 29.8 Å². The van der Waals surface area contributed by atoms with E-state index < -0.39 is 0 Å². The van der Waals surface area contributed by atoms with Crippen molar-refractivity contribution in [2.75, 3.05) is 31.1 Å². The first-order valence-electron chi connectivity index (χ1n) is 7.55. The third-order valence-corrected chi connectivity index (χ3v) is 4.10. The van der Waals surface area contributed by atoms with Crippen LogP contribution in [0, 0.1) is 0 Å². The lowest BCUT2D eigenvalue weighted by atomic mass is 10.1. The van der Waals surface area contributed by atoms with Gasteiger partial charge in [-0.2, -0.15) is 0 Å².